The molecule has 0 radical (unpaired) electrons. The highest BCUT2D eigenvalue weighted by atomic mass is 16.3. The van der Waals surface area contributed by atoms with Crippen LogP contribution in [0.4, 0.5) is 0 Å². The first-order valence-electron chi connectivity index (χ1n) is 23.1. The number of nitrogens with one attached hydrogen (secondary N) is 1. The fourth-order valence-electron chi connectivity index (χ4n) is 7.14. The lowest BCUT2D eigenvalue weighted by Crippen LogP contribution is -2.45. The minimum absolute atomic E-state index is 0.0702. The maximum absolute atomic E-state index is 12.4. The standard InChI is InChI=1S/C47H91NO3/c1-3-5-7-9-11-13-15-17-18-19-20-21-22-23-24-25-26-27-28-29-31-33-35-37-39-41-43-47(51)48-45(44-49)46(50)42-40-38-36-34-32-30-16-14-12-10-8-6-4-2/h32,34,40,42,45-46,49-50H,3-31,33,35-39,41,43-44H2,1-2H3,(H,48,51)/b34-32+,42-40+. The molecule has 0 aliphatic rings. The van der Waals surface area contributed by atoms with Gasteiger partial charge in [0, 0.05) is 6.42 Å². The lowest BCUT2D eigenvalue weighted by Gasteiger charge is -2.19. The summed E-state index contributed by atoms with van der Waals surface area (Å²) in [4.78, 5) is 12.4. The second kappa shape index (κ2) is 43.3. The normalized spacial score (nSPS) is 13.1. The number of allylic oxidation sites excluding steroid dienone is 3. The average molecular weight is 718 g/mol. The van der Waals surface area contributed by atoms with E-state index in [-0.39, 0.29) is 12.5 Å². The van der Waals surface area contributed by atoms with E-state index in [0.29, 0.717) is 6.42 Å². The molecule has 0 fully saturated rings. The predicted octanol–water partition coefficient (Wildman–Crippen LogP) is 14.4. The molecule has 2 atom stereocenters. The Morgan fingerprint density at radius 1 is 0.451 bits per heavy atom. The van der Waals surface area contributed by atoms with Crippen LogP contribution in [-0.4, -0.2) is 34.9 Å². The Kier molecular flexibility index (Phi) is 42.3. The van der Waals surface area contributed by atoms with E-state index in [2.05, 4.69) is 31.3 Å². The Bertz CT molecular complexity index is 735. The number of rotatable bonds is 42. The van der Waals surface area contributed by atoms with Gasteiger partial charge in [-0.25, -0.2) is 0 Å². The van der Waals surface area contributed by atoms with Crippen molar-refractivity contribution >= 4 is 5.91 Å². The highest BCUT2D eigenvalue weighted by molar-refractivity contribution is 5.76. The summed E-state index contributed by atoms with van der Waals surface area (Å²) in [5, 5.41) is 23.0. The summed E-state index contributed by atoms with van der Waals surface area (Å²) >= 11 is 0. The maximum atomic E-state index is 12.4. The zero-order valence-electron chi connectivity index (χ0n) is 34.6. The summed E-state index contributed by atoms with van der Waals surface area (Å²) in [6, 6.07) is -0.634. The number of carbonyl (C=O) groups is 1. The SMILES string of the molecule is CCCCCCCCC/C=C/CC/C=C/C(O)C(CO)NC(=O)CCCCCCCCCCCCCCCCCCCCCCCCCCCC. The van der Waals surface area contributed by atoms with Crippen molar-refractivity contribution in [1.82, 2.24) is 5.32 Å². The first kappa shape index (κ1) is 49.9. The van der Waals surface area contributed by atoms with E-state index in [1.165, 1.54) is 199 Å². The van der Waals surface area contributed by atoms with Gasteiger partial charge in [-0.1, -0.05) is 237 Å². The molecule has 0 bridgehead atoms. The molecule has 0 spiro atoms. The lowest BCUT2D eigenvalue weighted by atomic mass is 10.0. The second-order valence-electron chi connectivity index (χ2n) is 15.8. The molecular formula is C47H91NO3. The Morgan fingerprint density at radius 3 is 1.14 bits per heavy atom. The van der Waals surface area contributed by atoms with Crippen molar-refractivity contribution in [2.24, 2.45) is 0 Å². The van der Waals surface area contributed by atoms with Crippen molar-refractivity contribution in [3.63, 3.8) is 0 Å². The number of aliphatic hydroxyl groups is 2. The number of amides is 1. The van der Waals surface area contributed by atoms with Crippen molar-refractivity contribution in [1.29, 1.82) is 0 Å². The minimum atomic E-state index is -0.857. The van der Waals surface area contributed by atoms with Crippen molar-refractivity contribution < 1.29 is 15.0 Å². The third-order valence-electron chi connectivity index (χ3n) is 10.7. The van der Waals surface area contributed by atoms with Gasteiger partial charge in [-0.2, -0.15) is 0 Å². The van der Waals surface area contributed by atoms with Crippen LogP contribution in [0.25, 0.3) is 0 Å². The molecule has 0 aromatic rings. The van der Waals surface area contributed by atoms with Crippen molar-refractivity contribution in [3.05, 3.63) is 24.3 Å². The Hall–Kier alpha value is -1.13. The van der Waals surface area contributed by atoms with Gasteiger partial charge in [-0.05, 0) is 32.1 Å². The molecule has 0 aromatic carbocycles. The molecule has 0 rings (SSSR count). The van der Waals surface area contributed by atoms with E-state index >= 15 is 0 Å². The predicted molar refractivity (Wildman–Crippen MR) is 225 cm³/mol. The van der Waals surface area contributed by atoms with Crippen LogP contribution in [-0.2, 0) is 4.79 Å². The van der Waals surface area contributed by atoms with Crippen LogP contribution in [0.3, 0.4) is 0 Å². The summed E-state index contributed by atoms with van der Waals surface area (Å²) in [5.41, 5.74) is 0. The fraction of sp³-hybridized carbons (Fsp3) is 0.894. The van der Waals surface area contributed by atoms with Gasteiger partial charge in [-0.3, -0.25) is 4.79 Å². The van der Waals surface area contributed by atoms with Crippen LogP contribution in [0.2, 0.25) is 0 Å². The average Bonchev–Trinajstić information content (AvgIpc) is 3.13. The molecular weight excluding hydrogens is 627 g/mol. The van der Waals surface area contributed by atoms with Crippen LogP contribution >= 0.6 is 0 Å². The molecule has 0 saturated heterocycles. The summed E-state index contributed by atoms with van der Waals surface area (Å²) < 4.78 is 0. The van der Waals surface area contributed by atoms with Gasteiger partial charge in [0.15, 0.2) is 0 Å². The van der Waals surface area contributed by atoms with Gasteiger partial charge >= 0.3 is 0 Å². The van der Waals surface area contributed by atoms with E-state index in [0.717, 1.165) is 32.1 Å². The molecule has 2 unspecified atom stereocenters. The Balaban J connectivity index is 3.48. The Labute approximate surface area is 319 Å². The minimum Gasteiger partial charge on any atom is -0.394 e. The van der Waals surface area contributed by atoms with Crippen molar-refractivity contribution in [3.8, 4) is 0 Å². The number of hydrogen-bond donors (Lipinski definition) is 3. The molecule has 4 nitrogen and oxygen atoms in total. The van der Waals surface area contributed by atoms with Crippen LogP contribution in [0.15, 0.2) is 24.3 Å². The molecule has 0 aliphatic carbocycles. The number of unbranched alkanes of at least 4 members (excludes halogenated alkanes) is 33. The van der Waals surface area contributed by atoms with Gasteiger partial charge in [0.05, 0.1) is 18.8 Å². The molecule has 4 heteroatoms. The topological polar surface area (TPSA) is 69.6 Å². The largest absolute Gasteiger partial charge is 0.394 e. The summed E-state index contributed by atoms with van der Waals surface area (Å²) in [6.07, 6.45) is 55.9. The summed E-state index contributed by atoms with van der Waals surface area (Å²) in [7, 11) is 0. The Morgan fingerprint density at radius 2 is 0.765 bits per heavy atom. The third kappa shape index (κ3) is 39.9. The molecule has 1 amide bonds. The van der Waals surface area contributed by atoms with Crippen LogP contribution in [0, 0.1) is 0 Å². The summed E-state index contributed by atoms with van der Waals surface area (Å²) in [5.74, 6) is -0.0702. The lowest BCUT2D eigenvalue weighted by molar-refractivity contribution is -0.123. The van der Waals surface area contributed by atoms with Crippen LogP contribution < -0.4 is 5.32 Å². The first-order valence-corrected chi connectivity index (χ1v) is 23.1. The molecule has 302 valence electrons. The van der Waals surface area contributed by atoms with Gasteiger partial charge in [-0.15, -0.1) is 0 Å². The molecule has 0 aromatic heterocycles. The van der Waals surface area contributed by atoms with E-state index in [1.54, 1.807) is 6.08 Å². The third-order valence-corrected chi connectivity index (χ3v) is 10.7. The fourth-order valence-corrected chi connectivity index (χ4v) is 7.14. The van der Waals surface area contributed by atoms with Gasteiger partial charge in [0.2, 0.25) is 5.91 Å². The van der Waals surface area contributed by atoms with Crippen LogP contribution in [0.1, 0.15) is 251 Å². The van der Waals surface area contributed by atoms with Crippen LogP contribution in [0.5, 0.6) is 0 Å². The number of aliphatic hydroxyl groups excluding tert-OH is 2. The van der Waals surface area contributed by atoms with Gasteiger partial charge < -0.3 is 15.5 Å². The molecule has 0 aliphatic heterocycles. The smallest absolute Gasteiger partial charge is 0.220 e. The van der Waals surface area contributed by atoms with Crippen molar-refractivity contribution in [2.45, 2.75) is 264 Å². The maximum Gasteiger partial charge on any atom is 0.220 e. The van der Waals surface area contributed by atoms with E-state index in [9.17, 15) is 15.0 Å². The zero-order chi connectivity index (χ0) is 37.1. The molecule has 51 heavy (non-hydrogen) atoms. The van der Waals surface area contributed by atoms with E-state index < -0.39 is 12.1 Å². The van der Waals surface area contributed by atoms with Crippen molar-refractivity contribution in [2.75, 3.05) is 6.61 Å². The highest BCUT2D eigenvalue weighted by Crippen LogP contribution is 2.16. The van der Waals surface area contributed by atoms with Gasteiger partial charge in [0.1, 0.15) is 0 Å². The molecule has 0 saturated carbocycles. The second-order valence-corrected chi connectivity index (χ2v) is 15.8. The molecule has 0 heterocycles. The van der Waals surface area contributed by atoms with E-state index in [1.807, 2.05) is 6.08 Å². The molecule has 3 N–H and O–H groups in total. The number of carbonyl (C=O) groups excluding carboxylic acids is 1. The summed E-state index contributed by atoms with van der Waals surface area (Å²) in [6.45, 7) is 4.30. The highest BCUT2D eigenvalue weighted by Gasteiger charge is 2.17. The zero-order valence-corrected chi connectivity index (χ0v) is 34.6. The quantitative estimate of drug-likeness (QED) is 0.0435. The monoisotopic (exact) mass is 718 g/mol. The number of hydrogen-bond acceptors (Lipinski definition) is 3. The van der Waals surface area contributed by atoms with E-state index in [4.69, 9.17) is 0 Å². The first-order chi connectivity index (χ1) is 25.2. The van der Waals surface area contributed by atoms with Gasteiger partial charge in [0.25, 0.3) is 0 Å².